The second kappa shape index (κ2) is 4.67. The van der Waals surface area contributed by atoms with E-state index in [1.807, 2.05) is 6.07 Å². The lowest BCUT2D eigenvalue weighted by molar-refractivity contribution is 0.837. The van der Waals surface area contributed by atoms with Gasteiger partial charge in [0.05, 0.1) is 16.7 Å². The van der Waals surface area contributed by atoms with E-state index in [4.69, 9.17) is 0 Å². The van der Waals surface area contributed by atoms with Gasteiger partial charge in [-0.15, -0.1) is 0 Å². The van der Waals surface area contributed by atoms with Crippen LogP contribution >= 0.6 is 0 Å². The zero-order valence-electron chi connectivity index (χ0n) is 11.9. The maximum atomic E-state index is 2.28. The number of hydrogen-bond acceptors (Lipinski definition) is 1. The summed E-state index contributed by atoms with van der Waals surface area (Å²) in [5.41, 5.74) is 3.62. The molecule has 0 aliphatic rings. The monoisotopic (exact) mass is 272 g/mol. The zero-order chi connectivity index (χ0) is 14.2. The van der Waals surface area contributed by atoms with Crippen LogP contribution in [0.1, 0.15) is 0 Å². The molecule has 0 fully saturated rings. The molecule has 4 rings (SSSR count). The van der Waals surface area contributed by atoms with E-state index in [1.54, 1.807) is 0 Å². The number of anilines is 1. The number of rotatable bonds is 2. The molecule has 21 heavy (non-hydrogen) atoms. The number of para-hydroxylation sites is 3. The van der Waals surface area contributed by atoms with Crippen molar-refractivity contribution in [1.82, 2.24) is 4.68 Å². The predicted molar refractivity (Wildman–Crippen MR) is 89.7 cm³/mol. The van der Waals surface area contributed by atoms with Gasteiger partial charge in [0.15, 0.2) is 0 Å². The first kappa shape index (κ1) is 12.0. The lowest BCUT2D eigenvalue weighted by Crippen LogP contribution is -2.23. The molecule has 0 aliphatic carbocycles. The fourth-order valence-corrected chi connectivity index (χ4v) is 2.98. The Morgan fingerprint density at radius 2 is 1.10 bits per heavy atom. The van der Waals surface area contributed by atoms with E-state index in [0.717, 1.165) is 0 Å². The molecular formula is C19H16N2. The maximum absolute atomic E-state index is 2.28. The maximum Gasteiger partial charge on any atom is 0.0712 e. The molecule has 102 valence electrons. The van der Waals surface area contributed by atoms with Crippen molar-refractivity contribution in [3.63, 3.8) is 0 Å². The normalized spacial score (nSPS) is 11.1. The lowest BCUT2D eigenvalue weighted by Gasteiger charge is -2.23. The highest BCUT2D eigenvalue weighted by Gasteiger charge is 2.13. The third-order valence-electron chi connectivity index (χ3n) is 3.98. The van der Waals surface area contributed by atoms with Crippen LogP contribution in [0, 0.1) is 0 Å². The van der Waals surface area contributed by atoms with Crippen molar-refractivity contribution in [3.8, 4) is 0 Å². The summed E-state index contributed by atoms with van der Waals surface area (Å²) in [6.07, 6.45) is 0. The Morgan fingerprint density at radius 3 is 1.67 bits per heavy atom. The molecule has 3 aromatic carbocycles. The van der Waals surface area contributed by atoms with E-state index >= 15 is 0 Å². The molecule has 0 spiro atoms. The van der Waals surface area contributed by atoms with Crippen LogP contribution in [-0.4, -0.2) is 11.7 Å². The van der Waals surface area contributed by atoms with Gasteiger partial charge in [0.1, 0.15) is 0 Å². The Hall–Kier alpha value is -2.74. The van der Waals surface area contributed by atoms with Gasteiger partial charge >= 0.3 is 0 Å². The molecule has 0 aliphatic heterocycles. The summed E-state index contributed by atoms with van der Waals surface area (Å²) in [6.45, 7) is 0. The highest BCUT2D eigenvalue weighted by Crippen LogP contribution is 2.30. The fraction of sp³-hybridized carbons (Fsp3) is 0.0526. The number of benzene rings is 3. The highest BCUT2D eigenvalue weighted by molar-refractivity contribution is 6.08. The summed E-state index contributed by atoms with van der Waals surface area (Å²) in [4.78, 5) is 0. The van der Waals surface area contributed by atoms with Crippen molar-refractivity contribution in [3.05, 3.63) is 78.9 Å². The molecular weight excluding hydrogens is 256 g/mol. The average Bonchev–Trinajstić information content (AvgIpc) is 2.90. The van der Waals surface area contributed by atoms with Gasteiger partial charge < -0.3 is 0 Å². The first-order valence-electron chi connectivity index (χ1n) is 7.13. The molecule has 0 saturated heterocycles. The van der Waals surface area contributed by atoms with Gasteiger partial charge in [-0.25, -0.2) is 0 Å². The summed E-state index contributed by atoms with van der Waals surface area (Å²) >= 11 is 0. The van der Waals surface area contributed by atoms with Gasteiger partial charge in [-0.1, -0.05) is 54.6 Å². The summed E-state index contributed by atoms with van der Waals surface area (Å²) in [5, 5.41) is 4.77. The predicted octanol–water partition coefficient (Wildman–Crippen LogP) is 4.69. The third kappa shape index (κ3) is 1.80. The Bertz CT molecular complexity index is 853. The van der Waals surface area contributed by atoms with Gasteiger partial charge in [-0.3, -0.25) is 9.69 Å². The number of hydrogen-bond donors (Lipinski definition) is 0. The molecule has 0 N–H and O–H groups in total. The molecule has 0 bridgehead atoms. The second-order valence-electron chi connectivity index (χ2n) is 5.21. The van der Waals surface area contributed by atoms with E-state index < -0.39 is 0 Å². The van der Waals surface area contributed by atoms with Crippen molar-refractivity contribution in [2.75, 3.05) is 12.1 Å². The molecule has 0 saturated carbocycles. The van der Waals surface area contributed by atoms with Gasteiger partial charge in [0.2, 0.25) is 0 Å². The zero-order valence-corrected chi connectivity index (χ0v) is 11.9. The van der Waals surface area contributed by atoms with Gasteiger partial charge in [0, 0.05) is 17.8 Å². The molecule has 0 atom stereocenters. The summed E-state index contributed by atoms with van der Waals surface area (Å²) < 4.78 is 2.28. The minimum atomic E-state index is 1.17. The molecule has 1 aromatic heterocycles. The van der Waals surface area contributed by atoms with Crippen LogP contribution in [0.4, 0.5) is 5.69 Å². The van der Waals surface area contributed by atoms with Crippen LogP contribution < -0.4 is 5.01 Å². The first-order valence-corrected chi connectivity index (χ1v) is 7.13. The lowest BCUT2D eigenvalue weighted by atomic mass is 10.2. The van der Waals surface area contributed by atoms with E-state index in [0.29, 0.717) is 0 Å². The van der Waals surface area contributed by atoms with E-state index in [2.05, 4.69) is 89.5 Å². The Kier molecular flexibility index (Phi) is 2.68. The minimum Gasteiger partial charge on any atom is -0.284 e. The van der Waals surface area contributed by atoms with Crippen molar-refractivity contribution < 1.29 is 0 Å². The van der Waals surface area contributed by atoms with Crippen LogP contribution in [0.2, 0.25) is 0 Å². The summed E-state index contributed by atoms with van der Waals surface area (Å²) in [7, 11) is 2.11. The molecule has 2 nitrogen and oxygen atoms in total. The quantitative estimate of drug-likeness (QED) is 0.514. The van der Waals surface area contributed by atoms with Crippen LogP contribution in [0.5, 0.6) is 0 Å². The molecule has 0 unspecified atom stereocenters. The van der Waals surface area contributed by atoms with Gasteiger partial charge in [-0.05, 0) is 24.3 Å². The Balaban J connectivity index is 2.06. The van der Waals surface area contributed by atoms with Crippen molar-refractivity contribution in [2.45, 2.75) is 0 Å². The van der Waals surface area contributed by atoms with E-state index in [1.165, 1.54) is 27.5 Å². The Morgan fingerprint density at radius 1 is 0.619 bits per heavy atom. The summed E-state index contributed by atoms with van der Waals surface area (Å²) in [6, 6.07) is 27.6. The average molecular weight is 272 g/mol. The van der Waals surface area contributed by atoms with Crippen molar-refractivity contribution >= 4 is 27.5 Å². The number of aromatic nitrogens is 1. The smallest absolute Gasteiger partial charge is 0.0712 e. The first-order chi connectivity index (χ1) is 10.4. The highest BCUT2D eigenvalue weighted by atomic mass is 15.5. The van der Waals surface area contributed by atoms with Crippen LogP contribution in [0.15, 0.2) is 78.9 Å². The van der Waals surface area contributed by atoms with E-state index in [9.17, 15) is 0 Å². The fourth-order valence-electron chi connectivity index (χ4n) is 2.98. The van der Waals surface area contributed by atoms with E-state index in [-0.39, 0.29) is 0 Å². The molecule has 0 radical (unpaired) electrons. The number of nitrogens with zero attached hydrogens (tertiary/aromatic N) is 2. The van der Waals surface area contributed by atoms with Crippen LogP contribution in [-0.2, 0) is 0 Å². The SMILES string of the molecule is CN(c1ccccc1)n1c2ccccc2c2ccccc21. The summed E-state index contributed by atoms with van der Waals surface area (Å²) in [5.74, 6) is 0. The second-order valence-corrected chi connectivity index (χ2v) is 5.21. The molecule has 0 amide bonds. The Labute approximate surface area is 123 Å². The number of fused-ring (bicyclic) bond motifs is 3. The molecule has 4 aromatic rings. The molecule has 2 heteroatoms. The van der Waals surface area contributed by atoms with Gasteiger partial charge in [0.25, 0.3) is 0 Å². The van der Waals surface area contributed by atoms with Crippen molar-refractivity contribution in [2.24, 2.45) is 0 Å². The van der Waals surface area contributed by atoms with Crippen molar-refractivity contribution in [1.29, 1.82) is 0 Å². The third-order valence-corrected chi connectivity index (χ3v) is 3.98. The minimum absolute atomic E-state index is 1.17. The largest absolute Gasteiger partial charge is 0.284 e. The molecule has 1 heterocycles. The topological polar surface area (TPSA) is 8.17 Å². The standard InChI is InChI=1S/C19H16N2/c1-20(15-9-3-2-4-10-15)21-18-13-7-5-11-16(18)17-12-6-8-14-19(17)21/h2-14H,1H3. The van der Waals surface area contributed by atoms with Crippen LogP contribution in [0.25, 0.3) is 21.8 Å². The van der Waals surface area contributed by atoms with Crippen LogP contribution in [0.3, 0.4) is 0 Å². The van der Waals surface area contributed by atoms with Gasteiger partial charge in [-0.2, -0.15) is 0 Å².